The zero-order valence-corrected chi connectivity index (χ0v) is 23.4. The molecule has 8 nitrogen and oxygen atoms in total. The summed E-state index contributed by atoms with van der Waals surface area (Å²) in [5, 5.41) is 12.5. The fourth-order valence-corrected chi connectivity index (χ4v) is 5.04. The van der Waals surface area contributed by atoms with Crippen molar-refractivity contribution in [3.8, 4) is 0 Å². The van der Waals surface area contributed by atoms with Crippen molar-refractivity contribution in [2.45, 2.75) is 38.4 Å². The van der Waals surface area contributed by atoms with Gasteiger partial charge in [-0.2, -0.15) is 0 Å². The highest BCUT2D eigenvalue weighted by Gasteiger charge is 2.38. The fraction of sp³-hybridized carbons (Fsp3) is 0.303. The third-order valence-corrected chi connectivity index (χ3v) is 7.43. The molecule has 1 fully saturated rings. The maximum Gasteiger partial charge on any atom is 0.257 e. The minimum atomic E-state index is -0.627. The Kier molecular flexibility index (Phi) is 9.48. The molecule has 2 aromatic carbocycles. The van der Waals surface area contributed by atoms with Gasteiger partial charge in [-0.1, -0.05) is 49.4 Å². The van der Waals surface area contributed by atoms with Gasteiger partial charge in [-0.3, -0.25) is 14.8 Å². The SMILES string of the molecule is C[C@@H]1[C@H](CN(C)CCc2ccccn2)O[C@H](c2cccc(NC(=O)c3cccnc3)c2)O[C@@H]1c1ccc(CO)cc1. The van der Waals surface area contributed by atoms with E-state index in [1.54, 1.807) is 18.3 Å². The second kappa shape index (κ2) is 13.6. The summed E-state index contributed by atoms with van der Waals surface area (Å²) in [6, 6.07) is 24.9. The van der Waals surface area contributed by atoms with Crippen LogP contribution in [0.3, 0.4) is 0 Å². The maximum absolute atomic E-state index is 12.7. The minimum absolute atomic E-state index is 0.00561. The Bertz CT molecular complexity index is 1400. The number of nitrogens with zero attached hydrogens (tertiary/aromatic N) is 3. The molecule has 212 valence electrons. The number of aromatic nitrogens is 2. The van der Waals surface area contributed by atoms with Crippen LogP contribution in [-0.2, 0) is 22.5 Å². The number of rotatable bonds is 10. The number of aliphatic hydroxyl groups is 1. The number of ether oxygens (including phenoxy) is 2. The Morgan fingerprint density at radius 1 is 0.976 bits per heavy atom. The van der Waals surface area contributed by atoms with Gasteiger partial charge in [0.1, 0.15) is 0 Å². The van der Waals surface area contributed by atoms with Gasteiger partial charge in [-0.05, 0) is 54.6 Å². The number of hydrogen-bond acceptors (Lipinski definition) is 7. The van der Waals surface area contributed by atoms with E-state index in [-0.39, 0.29) is 30.6 Å². The largest absolute Gasteiger partial charge is 0.392 e. The number of nitrogens with one attached hydrogen (secondary N) is 1. The summed E-state index contributed by atoms with van der Waals surface area (Å²) in [7, 11) is 2.10. The van der Waals surface area contributed by atoms with Gasteiger partial charge in [0.15, 0.2) is 6.29 Å². The summed E-state index contributed by atoms with van der Waals surface area (Å²) in [6.45, 7) is 3.72. The lowest BCUT2D eigenvalue weighted by Gasteiger charge is -2.42. The van der Waals surface area contributed by atoms with Crippen LogP contribution in [0.4, 0.5) is 5.69 Å². The molecule has 1 aliphatic heterocycles. The summed E-state index contributed by atoms with van der Waals surface area (Å²) in [4.78, 5) is 23.5. The third kappa shape index (κ3) is 7.42. The van der Waals surface area contributed by atoms with Crippen molar-refractivity contribution >= 4 is 11.6 Å². The van der Waals surface area contributed by atoms with Crippen LogP contribution in [0.25, 0.3) is 0 Å². The van der Waals surface area contributed by atoms with E-state index in [1.165, 1.54) is 6.20 Å². The van der Waals surface area contributed by atoms with E-state index < -0.39 is 6.29 Å². The number of amides is 1. The minimum Gasteiger partial charge on any atom is -0.392 e. The van der Waals surface area contributed by atoms with Crippen molar-refractivity contribution in [2.75, 3.05) is 25.5 Å². The summed E-state index contributed by atoms with van der Waals surface area (Å²) < 4.78 is 13.2. The van der Waals surface area contributed by atoms with Crippen molar-refractivity contribution in [2.24, 2.45) is 5.92 Å². The number of hydrogen-bond donors (Lipinski definition) is 2. The van der Waals surface area contributed by atoms with Crippen LogP contribution in [0.15, 0.2) is 97.5 Å². The van der Waals surface area contributed by atoms with E-state index in [0.29, 0.717) is 11.3 Å². The lowest BCUT2D eigenvalue weighted by atomic mass is 9.90. The molecule has 2 N–H and O–H groups in total. The molecule has 0 unspecified atom stereocenters. The van der Waals surface area contributed by atoms with Gasteiger partial charge >= 0.3 is 0 Å². The number of pyridine rings is 2. The van der Waals surface area contributed by atoms with Gasteiger partial charge in [0, 0.05) is 61.0 Å². The molecule has 3 heterocycles. The molecule has 0 radical (unpaired) electrons. The zero-order valence-electron chi connectivity index (χ0n) is 23.4. The van der Waals surface area contributed by atoms with Gasteiger partial charge in [-0.25, -0.2) is 0 Å². The van der Waals surface area contributed by atoms with Gasteiger partial charge in [-0.15, -0.1) is 0 Å². The van der Waals surface area contributed by atoms with E-state index >= 15 is 0 Å². The Hall–Kier alpha value is -3.95. The summed E-state index contributed by atoms with van der Waals surface area (Å²) in [6.07, 6.45) is 4.89. The van der Waals surface area contributed by atoms with E-state index in [1.807, 2.05) is 72.9 Å². The maximum atomic E-state index is 12.7. The van der Waals surface area contributed by atoms with E-state index in [0.717, 1.165) is 41.9 Å². The highest BCUT2D eigenvalue weighted by atomic mass is 16.7. The first kappa shape index (κ1) is 28.6. The normalized spacial score (nSPS) is 20.6. The van der Waals surface area contributed by atoms with Crippen molar-refractivity contribution < 1.29 is 19.4 Å². The van der Waals surface area contributed by atoms with Crippen molar-refractivity contribution in [3.63, 3.8) is 0 Å². The monoisotopic (exact) mass is 552 g/mol. The van der Waals surface area contributed by atoms with Gasteiger partial charge < -0.3 is 24.8 Å². The first-order valence-corrected chi connectivity index (χ1v) is 13.9. The average Bonchev–Trinajstić information content (AvgIpc) is 3.02. The molecule has 2 aromatic heterocycles. The van der Waals surface area contributed by atoms with Crippen LogP contribution < -0.4 is 5.32 Å². The van der Waals surface area contributed by atoms with Gasteiger partial charge in [0.2, 0.25) is 0 Å². The van der Waals surface area contributed by atoms with Crippen molar-refractivity contribution in [1.29, 1.82) is 0 Å². The Balaban J connectivity index is 1.35. The number of carbonyl (C=O) groups excluding carboxylic acids is 1. The standard InChI is InChI=1S/C33H36N4O4/c1-23-30(21-37(2)18-15-28-9-3-4-17-35-28)40-33(41-31(23)25-13-11-24(22-38)12-14-25)26-7-5-10-29(19-26)36-32(39)27-8-6-16-34-20-27/h3-14,16-17,19-20,23,30-31,33,38H,15,18,21-22H2,1-2H3,(H,36,39)/t23-,30+,31+,33+/m1/s1. The Morgan fingerprint density at radius 3 is 2.56 bits per heavy atom. The molecule has 41 heavy (non-hydrogen) atoms. The van der Waals surface area contributed by atoms with Crippen LogP contribution >= 0.6 is 0 Å². The highest BCUT2D eigenvalue weighted by molar-refractivity contribution is 6.04. The molecular formula is C33H36N4O4. The highest BCUT2D eigenvalue weighted by Crippen LogP contribution is 2.42. The molecular weight excluding hydrogens is 516 g/mol. The van der Waals surface area contributed by atoms with Crippen LogP contribution in [-0.4, -0.2) is 52.1 Å². The average molecular weight is 553 g/mol. The topological polar surface area (TPSA) is 96.8 Å². The second-order valence-electron chi connectivity index (χ2n) is 10.5. The van der Waals surface area contributed by atoms with E-state index in [4.69, 9.17) is 9.47 Å². The van der Waals surface area contributed by atoms with Crippen molar-refractivity contribution in [1.82, 2.24) is 14.9 Å². The van der Waals surface area contributed by atoms with Crippen molar-refractivity contribution in [3.05, 3.63) is 125 Å². The third-order valence-electron chi connectivity index (χ3n) is 7.43. The first-order valence-electron chi connectivity index (χ1n) is 13.9. The summed E-state index contributed by atoms with van der Waals surface area (Å²) >= 11 is 0. The molecule has 0 aliphatic carbocycles. The number of aliphatic hydroxyl groups excluding tert-OH is 1. The predicted molar refractivity (Wildman–Crippen MR) is 157 cm³/mol. The number of benzene rings is 2. The number of carbonyl (C=O) groups is 1. The Morgan fingerprint density at radius 2 is 1.83 bits per heavy atom. The smallest absolute Gasteiger partial charge is 0.257 e. The molecule has 1 saturated heterocycles. The van der Waals surface area contributed by atoms with Gasteiger partial charge in [0.05, 0.1) is 24.4 Å². The zero-order chi connectivity index (χ0) is 28.6. The lowest BCUT2D eigenvalue weighted by molar-refractivity contribution is -0.275. The van der Waals surface area contributed by atoms with E-state index in [2.05, 4.69) is 34.2 Å². The molecule has 0 spiro atoms. The molecule has 4 atom stereocenters. The predicted octanol–water partition coefficient (Wildman–Crippen LogP) is 5.19. The molecule has 0 bridgehead atoms. The second-order valence-corrected chi connectivity index (χ2v) is 10.5. The number of likely N-dealkylation sites (N-methyl/N-ethyl adjacent to an activating group) is 1. The summed E-state index contributed by atoms with van der Waals surface area (Å²) in [5.41, 5.74) is 4.90. The molecule has 1 aliphatic rings. The number of anilines is 1. The summed E-state index contributed by atoms with van der Waals surface area (Å²) in [5.74, 6) is -0.166. The van der Waals surface area contributed by atoms with Crippen LogP contribution in [0.5, 0.6) is 0 Å². The fourth-order valence-electron chi connectivity index (χ4n) is 5.04. The van der Waals surface area contributed by atoms with Crippen LogP contribution in [0.1, 0.15) is 52.1 Å². The quantitative estimate of drug-likeness (QED) is 0.280. The Labute approximate surface area is 241 Å². The molecule has 5 rings (SSSR count). The first-order chi connectivity index (χ1) is 20.0. The molecule has 8 heteroatoms. The van der Waals surface area contributed by atoms with Gasteiger partial charge in [0.25, 0.3) is 5.91 Å². The van der Waals surface area contributed by atoms with E-state index in [9.17, 15) is 9.90 Å². The molecule has 4 aromatic rings. The lowest BCUT2D eigenvalue weighted by Crippen LogP contribution is -2.44. The molecule has 1 amide bonds. The van der Waals surface area contributed by atoms with Crippen LogP contribution in [0, 0.1) is 5.92 Å². The molecule has 0 saturated carbocycles. The van der Waals surface area contributed by atoms with Crippen LogP contribution in [0.2, 0.25) is 0 Å².